The third-order valence-electron chi connectivity index (χ3n) is 4.29. The van der Waals surface area contributed by atoms with E-state index in [9.17, 15) is 20.4 Å². The highest BCUT2D eigenvalue weighted by Crippen LogP contribution is 2.31. The summed E-state index contributed by atoms with van der Waals surface area (Å²) in [5.74, 6) is 0.466. The largest absolute Gasteiger partial charge is 0.507 e. The normalized spacial score (nSPS) is 12.4. The van der Waals surface area contributed by atoms with E-state index in [0.29, 0.717) is 11.1 Å². The standard InChI is InChI=1S/C19H24O4/c1-11(15-6-13(3)19(23)17(8-15)10-21)4-14-5-12(2)18(22)16(7-14)9-20/h5-8,11,20-23H,4,9-10H2,1-3H3. The summed E-state index contributed by atoms with van der Waals surface area (Å²) < 4.78 is 0. The highest BCUT2D eigenvalue weighted by molar-refractivity contribution is 5.45. The van der Waals surface area contributed by atoms with Crippen LogP contribution in [-0.4, -0.2) is 20.4 Å². The van der Waals surface area contributed by atoms with E-state index in [2.05, 4.69) is 6.92 Å². The summed E-state index contributed by atoms with van der Waals surface area (Å²) >= 11 is 0. The molecule has 0 heterocycles. The van der Waals surface area contributed by atoms with Crippen molar-refractivity contribution in [1.82, 2.24) is 0 Å². The summed E-state index contributed by atoms with van der Waals surface area (Å²) in [7, 11) is 0. The van der Waals surface area contributed by atoms with Crippen molar-refractivity contribution in [2.24, 2.45) is 0 Å². The first kappa shape index (κ1) is 17.3. The van der Waals surface area contributed by atoms with Crippen molar-refractivity contribution in [2.45, 2.75) is 46.3 Å². The molecule has 0 bridgehead atoms. The van der Waals surface area contributed by atoms with E-state index in [1.807, 2.05) is 38.1 Å². The maximum atomic E-state index is 9.91. The summed E-state index contributed by atoms with van der Waals surface area (Å²) in [4.78, 5) is 0. The van der Waals surface area contributed by atoms with Gasteiger partial charge >= 0.3 is 0 Å². The Balaban J connectivity index is 2.31. The topological polar surface area (TPSA) is 80.9 Å². The number of rotatable bonds is 5. The summed E-state index contributed by atoms with van der Waals surface area (Å²) in [5, 5.41) is 38.5. The van der Waals surface area contributed by atoms with Gasteiger partial charge in [0.05, 0.1) is 13.2 Å². The minimum absolute atomic E-state index is 0.145. The van der Waals surface area contributed by atoms with E-state index in [-0.39, 0.29) is 30.6 Å². The molecule has 0 radical (unpaired) electrons. The summed E-state index contributed by atoms with van der Waals surface area (Å²) in [5.41, 5.74) is 4.64. The number of aliphatic hydroxyl groups excluding tert-OH is 2. The van der Waals surface area contributed by atoms with Crippen LogP contribution in [0, 0.1) is 13.8 Å². The third kappa shape index (κ3) is 3.66. The smallest absolute Gasteiger partial charge is 0.124 e. The number of phenols is 2. The van der Waals surface area contributed by atoms with Crippen LogP contribution in [0.5, 0.6) is 11.5 Å². The fraction of sp³-hybridized carbons (Fsp3) is 0.368. The first-order valence-electron chi connectivity index (χ1n) is 7.72. The Labute approximate surface area is 136 Å². The molecule has 4 heteroatoms. The minimum atomic E-state index is -0.194. The highest BCUT2D eigenvalue weighted by atomic mass is 16.3. The molecule has 0 aliphatic carbocycles. The molecule has 1 atom stereocenters. The van der Waals surface area contributed by atoms with E-state index < -0.39 is 0 Å². The molecular formula is C19H24O4. The van der Waals surface area contributed by atoms with Crippen LogP contribution in [0.2, 0.25) is 0 Å². The molecule has 0 saturated heterocycles. The number of aliphatic hydroxyl groups is 2. The maximum Gasteiger partial charge on any atom is 0.124 e. The van der Waals surface area contributed by atoms with E-state index in [1.54, 1.807) is 0 Å². The van der Waals surface area contributed by atoms with Crippen molar-refractivity contribution < 1.29 is 20.4 Å². The van der Waals surface area contributed by atoms with E-state index in [1.165, 1.54) is 0 Å². The molecule has 4 nitrogen and oxygen atoms in total. The van der Waals surface area contributed by atoms with Gasteiger partial charge in [-0.1, -0.05) is 19.1 Å². The fourth-order valence-corrected chi connectivity index (χ4v) is 2.93. The molecule has 2 rings (SSSR count). The molecule has 2 aromatic rings. The average molecular weight is 316 g/mol. The van der Waals surface area contributed by atoms with Crippen LogP contribution in [0.4, 0.5) is 0 Å². The zero-order valence-electron chi connectivity index (χ0n) is 13.8. The van der Waals surface area contributed by atoms with Crippen molar-refractivity contribution in [3.63, 3.8) is 0 Å². The molecule has 0 aliphatic heterocycles. The fourth-order valence-electron chi connectivity index (χ4n) is 2.93. The van der Waals surface area contributed by atoms with Gasteiger partial charge in [-0.15, -0.1) is 0 Å². The molecule has 0 aliphatic rings. The first-order chi connectivity index (χ1) is 10.9. The number of aryl methyl sites for hydroxylation is 2. The van der Waals surface area contributed by atoms with E-state index >= 15 is 0 Å². The van der Waals surface area contributed by atoms with Crippen molar-refractivity contribution in [3.8, 4) is 11.5 Å². The lowest BCUT2D eigenvalue weighted by Crippen LogP contribution is -2.02. The van der Waals surface area contributed by atoms with E-state index in [4.69, 9.17) is 0 Å². The summed E-state index contributed by atoms with van der Waals surface area (Å²) in [6.07, 6.45) is 0.739. The second-order valence-electron chi connectivity index (χ2n) is 6.19. The minimum Gasteiger partial charge on any atom is -0.507 e. The van der Waals surface area contributed by atoms with Gasteiger partial charge in [-0.3, -0.25) is 0 Å². The number of hydrogen-bond donors (Lipinski definition) is 4. The molecule has 23 heavy (non-hydrogen) atoms. The Morgan fingerprint density at radius 3 is 1.91 bits per heavy atom. The van der Waals surface area contributed by atoms with Gasteiger partial charge < -0.3 is 20.4 Å². The molecule has 0 amide bonds. The zero-order chi connectivity index (χ0) is 17.1. The SMILES string of the molecule is Cc1cc(CC(C)c2cc(C)c(O)c(CO)c2)cc(CO)c1O. The third-order valence-corrected chi connectivity index (χ3v) is 4.29. The first-order valence-corrected chi connectivity index (χ1v) is 7.72. The molecule has 0 saturated carbocycles. The number of benzene rings is 2. The number of hydrogen-bond acceptors (Lipinski definition) is 4. The van der Waals surface area contributed by atoms with Gasteiger partial charge in [-0.05, 0) is 60.6 Å². The lowest BCUT2D eigenvalue weighted by atomic mass is 9.90. The molecule has 1 unspecified atom stereocenters. The molecule has 124 valence electrons. The van der Waals surface area contributed by atoms with Crippen molar-refractivity contribution in [1.29, 1.82) is 0 Å². The van der Waals surface area contributed by atoms with Gasteiger partial charge in [0.25, 0.3) is 0 Å². The average Bonchev–Trinajstić information content (AvgIpc) is 2.52. The van der Waals surface area contributed by atoms with Gasteiger partial charge in [0.2, 0.25) is 0 Å². The predicted molar refractivity (Wildman–Crippen MR) is 89.7 cm³/mol. The van der Waals surface area contributed by atoms with Crippen LogP contribution in [-0.2, 0) is 19.6 Å². The Morgan fingerprint density at radius 2 is 1.35 bits per heavy atom. The van der Waals surface area contributed by atoms with Crippen LogP contribution in [0.3, 0.4) is 0 Å². The van der Waals surface area contributed by atoms with E-state index in [0.717, 1.165) is 28.7 Å². The Kier molecular flexibility index (Phi) is 5.29. The summed E-state index contributed by atoms with van der Waals surface area (Å²) in [6, 6.07) is 7.50. The molecule has 2 aromatic carbocycles. The van der Waals surface area contributed by atoms with Gasteiger partial charge in [0.1, 0.15) is 11.5 Å². The second kappa shape index (κ2) is 7.02. The van der Waals surface area contributed by atoms with Crippen molar-refractivity contribution in [3.05, 3.63) is 57.6 Å². The molecule has 0 aromatic heterocycles. The van der Waals surface area contributed by atoms with Crippen molar-refractivity contribution >= 4 is 0 Å². The van der Waals surface area contributed by atoms with Gasteiger partial charge in [-0.2, -0.15) is 0 Å². The molecule has 4 N–H and O–H groups in total. The van der Waals surface area contributed by atoms with Crippen LogP contribution in [0.25, 0.3) is 0 Å². The Morgan fingerprint density at radius 1 is 0.826 bits per heavy atom. The Bertz CT molecular complexity index is 707. The molecule has 0 fully saturated rings. The quantitative estimate of drug-likeness (QED) is 0.683. The van der Waals surface area contributed by atoms with Gasteiger partial charge in [-0.25, -0.2) is 0 Å². The van der Waals surface area contributed by atoms with Crippen molar-refractivity contribution in [2.75, 3.05) is 0 Å². The van der Waals surface area contributed by atoms with Gasteiger partial charge in [0.15, 0.2) is 0 Å². The van der Waals surface area contributed by atoms with Crippen LogP contribution in [0.1, 0.15) is 46.2 Å². The second-order valence-corrected chi connectivity index (χ2v) is 6.19. The van der Waals surface area contributed by atoms with Crippen LogP contribution < -0.4 is 0 Å². The monoisotopic (exact) mass is 316 g/mol. The van der Waals surface area contributed by atoms with Gasteiger partial charge in [0, 0.05) is 11.1 Å². The molecule has 0 spiro atoms. The predicted octanol–water partition coefficient (Wildman–Crippen LogP) is 3.05. The summed E-state index contributed by atoms with van der Waals surface area (Å²) in [6.45, 7) is 5.33. The number of aromatic hydroxyl groups is 2. The van der Waals surface area contributed by atoms with Crippen LogP contribution >= 0.6 is 0 Å². The maximum absolute atomic E-state index is 9.91. The Hall–Kier alpha value is -2.04. The molecular weight excluding hydrogens is 292 g/mol. The highest BCUT2D eigenvalue weighted by Gasteiger charge is 2.14. The lowest BCUT2D eigenvalue weighted by molar-refractivity contribution is 0.274. The zero-order valence-corrected chi connectivity index (χ0v) is 13.8. The van der Waals surface area contributed by atoms with Crippen LogP contribution in [0.15, 0.2) is 24.3 Å². The lowest BCUT2D eigenvalue weighted by Gasteiger charge is -2.17.